The lowest BCUT2D eigenvalue weighted by molar-refractivity contribution is -0.385. The van der Waals surface area contributed by atoms with Crippen LogP contribution in [0.1, 0.15) is 10.4 Å². The highest BCUT2D eigenvalue weighted by molar-refractivity contribution is 8.01. The van der Waals surface area contributed by atoms with E-state index >= 15 is 0 Å². The minimum Gasteiger partial charge on any atom is -0.298 e. The normalized spacial score (nSPS) is 10.1. The molecule has 0 fully saturated rings. The van der Waals surface area contributed by atoms with Crippen LogP contribution < -0.4 is 0 Å². The molecule has 2 aromatic rings. The third-order valence-corrected chi connectivity index (χ3v) is 4.06. The van der Waals surface area contributed by atoms with Crippen LogP contribution in [0.5, 0.6) is 0 Å². The Kier molecular flexibility index (Phi) is 3.55. The van der Waals surface area contributed by atoms with Crippen molar-refractivity contribution in [3.63, 3.8) is 0 Å². The fraction of sp³-hybridized carbons (Fsp3) is 0. The highest BCUT2D eigenvalue weighted by Gasteiger charge is 2.13. The van der Waals surface area contributed by atoms with Crippen molar-refractivity contribution in [3.05, 3.63) is 51.4 Å². The lowest BCUT2D eigenvalue weighted by Gasteiger charge is -2.00. The summed E-state index contributed by atoms with van der Waals surface area (Å²) < 4.78 is 1.08. The molecule has 0 amide bonds. The van der Waals surface area contributed by atoms with Crippen LogP contribution in [0, 0.1) is 10.1 Å². The SMILES string of the molecule is O=Cc1cc(Sc2cccs2)ccc1[N+](=O)[O-]. The predicted octanol–water partition coefficient (Wildman–Crippen LogP) is 3.62. The Balaban J connectivity index is 2.31. The van der Waals surface area contributed by atoms with Crippen molar-refractivity contribution < 1.29 is 9.72 Å². The number of hydrogen-bond donors (Lipinski definition) is 0. The average molecular weight is 265 g/mol. The number of nitro benzene ring substituents is 1. The Hall–Kier alpha value is -1.66. The molecule has 0 aliphatic heterocycles. The molecule has 0 spiro atoms. The van der Waals surface area contributed by atoms with Gasteiger partial charge in [-0.1, -0.05) is 17.8 Å². The van der Waals surface area contributed by atoms with E-state index < -0.39 is 4.92 Å². The van der Waals surface area contributed by atoms with E-state index in [-0.39, 0.29) is 11.3 Å². The van der Waals surface area contributed by atoms with E-state index in [9.17, 15) is 14.9 Å². The number of nitrogens with zero attached hydrogens (tertiary/aromatic N) is 1. The fourth-order valence-corrected chi connectivity index (χ4v) is 3.09. The molecule has 0 N–H and O–H groups in total. The number of nitro groups is 1. The quantitative estimate of drug-likeness (QED) is 0.481. The summed E-state index contributed by atoms with van der Waals surface area (Å²) >= 11 is 3.06. The molecule has 0 unspecified atom stereocenters. The van der Waals surface area contributed by atoms with Crippen molar-refractivity contribution in [2.75, 3.05) is 0 Å². The number of rotatable bonds is 4. The lowest BCUT2D eigenvalue weighted by Crippen LogP contribution is -1.94. The van der Waals surface area contributed by atoms with Crippen LogP contribution in [-0.4, -0.2) is 11.2 Å². The smallest absolute Gasteiger partial charge is 0.279 e. The third kappa shape index (κ3) is 2.72. The monoisotopic (exact) mass is 265 g/mol. The highest BCUT2D eigenvalue weighted by atomic mass is 32.2. The van der Waals surface area contributed by atoms with Gasteiger partial charge in [0.05, 0.1) is 14.7 Å². The predicted molar refractivity (Wildman–Crippen MR) is 66.9 cm³/mol. The maximum Gasteiger partial charge on any atom is 0.279 e. The van der Waals surface area contributed by atoms with E-state index in [0.29, 0.717) is 6.29 Å². The van der Waals surface area contributed by atoms with Gasteiger partial charge in [-0.3, -0.25) is 14.9 Å². The van der Waals surface area contributed by atoms with Gasteiger partial charge < -0.3 is 0 Å². The molecule has 17 heavy (non-hydrogen) atoms. The summed E-state index contributed by atoms with van der Waals surface area (Å²) in [7, 11) is 0. The van der Waals surface area contributed by atoms with Gasteiger partial charge in [0, 0.05) is 11.0 Å². The summed E-state index contributed by atoms with van der Waals surface area (Å²) in [4.78, 5) is 21.7. The molecular weight excluding hydrogens is 258 g/mol. The largest absolute Gasteiger partial charge is 0.298 e. The van der Waals surface area contributed by atoms with Gasteiger partial charge in [0.2, 0.25) is 0 Å². The first kappa shape index (κ1) is 11.8. The van der Waals surface area contributed by atoms with Gasteiger partial charge in [-0.2, -0.15) is 0 Å². The average Bonchev–Trinajstić information content (AvgIpc) is 2.81. The fourth-order valence-electron chi connectivity index (χ4n) is 1.29. The first-order chi connectivity index (χ1) is 8.20. The van der Waals surface area contributed by atoms with Crippen molar-refractivity contribution in [2.45, 2.75) is 9.10 Å². The van der Waals surface area contributed by atoms with Gasteiger partial charge in [-0.15, -0.1) is 11.3 Å². The highest BCUT2D eigenvalue weighted by Crippen LogP contribution is 2.33. The minimum atomic E-state index is -0.552. The van der Waals surface area contributed by atoms with Crippen LogP contribution >= 0.6 is 23.1 Å². The molecule has 6 heteroatoms. The summed E-state index contributed by atoms with van der Waals surface area (Å²) in [6, 6.07) is 8.43. The van der Waals surface area contributed by atoms with Gasteiger partial charge >= 0.3 is 0 Å². The van der Waals surface area contributed by atoms with E-state index in [4.69, 9.17) is 0 Å². The molecule has 0 aliphatic carbocycles. The summed E-state index contributed by atoms with van der Waals surface area (Å²) in [5, 5.41) is 12.6. The molecule has 0 bridgehead atoms. The first-order valence-electron chi connectivity index (χ1n) is 4.65. The Bertz CT molecular complexity index is 552. The van der Waals surface area contributed by atoms with Gasteiger partial charge in [0.15, 0.2) is 6.29 Å². The molecule has 1 aromatic heterocycles. The zero-order valence-corrected chi connectivity index (χ0v) is 10.2. The molecule has 1 heterocycles. The van der Waals surface area contributed by atoms with Crippen LogP contribution in [-0.2, 0) is 0 Å². The van der Waals surface area contributed by atoms with Crippen LogP contribution in [0.25, 0.3) is 0 Å². The zero-order valence-electron chi connectivity index (χ0n) is 8.53. The number of thiophene rings is 1. The van der Waals surface area contributed by atoms with Crippen molar-refractivity contribution in [3.8, 4) is 0 Å². The third-order valence-electron chi connectivity index (χ3n) is 2.04. The van der Waals surface area contributed by atoms with Crippen molar-refractivity contribution in [2.24, 2.45) is 0 Å². The zero-order chi connectivity index (χ0) is 12.3. The Morgan fingerprint density at radius 3 is 2.76 bits per heavy atom. The maximum atomic E-state index is 10.8. The Labute approximate surface area is 105 Å². The first-order valence-corrected chi connectivity index (χ1v) is 6.35. The number of carbonyl (C=O) groups is 1. The van der Waals surface area contributed by atoms with Crippen molar-refractivity contribution in [1.29, 1.82) is 0 Å². The topological polar surface area (TPSA) is 60.2 Å². The van der Waals surface area contributed by atoms with E-state index in [1.807, 2.05) is 17.5 Å². The Morgan fingerprint density at radius 2 is 2.18 bits per heavy atom. The minimum absolute atomic E-state index is 0.108. The van der Waals surface area contributed by atoms with Gasteiger partial charge in [0.25, 0.3) is 5.69 Å². The standard InChI is InChI=1S/C11H7NO3S2/c13-7-8-6-9(3-4-10(8)12(14)15)17-11-2-1-5-16-11/h1-7H. The van der Waals surface area contributed by atoms with E-state index in [1.165, 1.54) is 23.9 Å². The second kappa shape index (κ2) is 5.11. The molecule has 0 atom stereocenters. The van der Waals surface area contributed by atoms with Gasteiger partial charge in [-0.05, 0) is 23.6 Å². The molecule has 0 aliphatic rings. The van der Waals surface area contributed by atoms with E-state index in [0.717, 1.165) is 9.10 Å². The summed E-state index contributed by atoms with van der Waals surface area (Å²) in [6.07, 6.45) is 0.511. The molecule has 1 aromatic carbocycles. The molecule has 86 valence electrons. The number of carbonyl (C=O) groups excluding carboxylic acids is 1. The summed E-state index contributed by atoms with van der Waals surface area (Å²) in [6.45, 7) is 0. The number of aldehydes is 1. The maximum absolute atomic E-state index is 10.8. The number of benzene rings is 1. The van der Waals surface area contributed by atoms with Crippen LogP contribution in [0.15, 0.2) is 44.8 Å². The summed E-state index contributed by atoms with van der Waals surface area (Å²) in [5.41, 5.74) is -0.0490. The van der Waals surface area contributed by atoms with Crippen LogP contribution in [0.3, 0.4) is 0 Å². The molecule has 4 nitrogen and oxygen atoms in total. The Morgan fingerprint density at radius 1 is 1.35 bits per heavy atom. The lowest BCUT2D eigenvalue weighted by atomic mass is 10.2. The molecule has 0 saturated heterocycles. The number of hydrogen-bond acceptors (Lipinski definition) is 5. The van der Waals surface area contributed by atoms with Crippen molar-refractivity contribution >= 4 is 35.1 Å². The molecule has 2 rings (SSSR count). The van der Waals surface area contributed by atoms with Crippen LogP contribution in [0.4, 0.5) is 5.69 Å². The molecule has 0 radical (unpaired) electrons. The molecular formula is C11H7NO3S2. The second-order valence-electron chi connectivity index (χ2n) is 3.13. The second-order valence-corrected chi connectivity index (χ2v) is 5.45. The van der Waals surface area contributed by atoms with Gasteiger partial charge in [-0.25, -0.2) is 0 Å². The van der Waals surface area contributed by atoms with E-state index in [2.05, 4.69) is 0 Å². The van der Waals surface area contributed by atoms with Crippen LogP contribution in [0.2, 0.25) is 0 Å². The van der Waals surface area contributed by atoms with Crippen molar-refractivity contribution in [1.82, 2.24) is 0 Å². The molecule has 0 saturated carbocycles. The summed E-state index contributed by atoms with van der Waals surface area (Å²) in [5.74, 6) is 0. The van der Waals surface area contributed by atoms with E-state index in [1.54, 1.807) is 17.4 Å². The van der Waals surface area contributed by atoms with Gasteiger partial charge in [0.1, 0.15) is 0 Å².